The smallest absolute Gasteiger partial charge is 0.220 e. The number of amides is 1. The molecule has 0 radical (unpaired) electrons. The Bertz CT molecular complexity index is 1640. The summed E-state index contributed by atoms with van der Waals surface area (Å²) in [5.41, 5.74) is 4.45. The number of aliphatic hydroxyl groups is 1. The molecule has 3 heterocycles. The maximum Gasteiger partial charge on any atom is 0.220 e. The van der Waals surface area contributed by atoms with Gasteiger partial charge in [0, 0.05) is 78.9 Å². The lowest BCUT2D eigenvalue weighted by Crippen LogP contribution is -2.35. The summed E-state index contributed by atoms with van der Waals surface area (Å²) in [6, 6.07) is 14.7. The molecule has 230 valence electrons. The van der Waals surface area contributed by atoms with Crippen LogP contribution in [0, 0.1) is 5.82 Å². The number of nitrogens with one attached hydrogen (secondary N) is 4. The molecule has 5 rings (SSSR count). The highest BCUT2D eigenvalue weighted by Gasteiger charge is 2.21. The van der Waals surface area contributed by atoms with Crippen molar-refractivity contribution in [3.63, 3.8) is 0 Å². The van der Waals surface area contributed by atoms with Crippen molar-refractivity contribution in [1.29, 1.82) is 0 Å². The van der Waals surface area contributed by atoms with Crippen molar-refractivity contribution in [2.24, 2.45) is 0 Å². The first-order valence-electron chi connectivity index (χ1n) is 14.2. The number of aliphatic hydroxyl groups excluding tert-OH is 1. The van der Waals surface area contributed by atoms with Crippen molar-refractivity contribution in [2.75, 3.05) is 32.1 Å². The zero-order valence-corrected chi connectivity index (χ0v) is 25.6. The number of benzene rings is 2. The maximum atomic E-state index is 15.2. The predicted octanol–water partition coefficient (Wildman–Crippen LogP) is 5.46. The second-order valence-corrected chi connectivity index (χ2v) is 11.1. The van der Waals surface area contributed by atoms with E-state index in [2.05, 4.69) is 31.2 Å². The standard InChI is InChI=1S/C32H33Cl2FN6O3/c1-44-26-15-19(5-6-20(26)16-37-18-22-7-8-27(43)40-22)31-29(34)24(10-12-38-31)23-3-2-4-25(28(23)33)41-32-30(35)21(9-11-39-32)17-36-13-14-42/h2-6,9-12,15,22,36-37,42H,7-8,13-14,16-18H2,1H3,(H,39,41)(H,40,43)/t22-/m1/s1. The van der Waals surface area contributed by atoms with Gasteiger partial charge in [0.05, 0.1) is 35.1 Å². The van der Waals surface area contributed by atoms with Gasteiger partial charge in [-0.3, -0.25) is 9.78 Å². The highest BCUT2D eigenvalue weighted by atomic mass is 35.5. The number of hydrogen-bond donors (Lipinski definition) is 5. The van der Waals surface area contributed by atoms with Crippen molar-refractivity contribution in [1.82, 2.24) is 25.9 Å². The molecular weight excluding hydrogens is 606 g/mol. The number of carbonyl (C=O) groups excluding carboxylic acids is 1. The molecule has 0 unspecified atom stereocenters. The fourth-order valence-corrected chi connectivity index (χ4v) is 5.67. The quantitative estimate of drug-likeness (QED) is 0.123. The van der Waals surface area contributed by atoms with Crippen molar-refractivity contribution in [3.05, 3.63) is 87.9 Å². The summed E-state index contributed by atoms with van der Waals surface area (Å²) in [6.45, 7) is 1.80. The van der Waals surface area contributed by atoms with E-state index in [4.69, 9.17) is 33.0 Å². The molecule has 1 amide bonds. The van der Waals surface area contributed by atoms with Crippen molar-refractivity contribution in [3.8, 4) is 28.1 Å². The van der Waals surface area contributed by atoms with Gasteiger partial charge in [0.25, 0.3) is 0 Å². The summed E-state index contributed by atoms with van der Waals surface area (Å²) >= 11 is 13.8. The number of anilines is 2. The predicted molar refractivity (Wildman–Crippen MR) is 171 cm³/mol. The third kappa shape index (κ3) is 7.28. The molecule has 1 aliphatic rings. The van der Waals surface area contributed by atoms with Gasteiger partial charge in [0.15, 0.2) is 11.6 Å². The molecule has 9 nitrogen and oxygen atoms in total. The van der Waals surface area contributed by atoms with Gasteiger partial charge in [-0.15, -0.1) is 0 Å². The number of nitrogens with zero attached hydrogens (tertiary/aromatic N) is 2. The molecule has 44 heavy (non-hydrogen) atoms. The largest absolute Gasteiger partial charge is 0.496 e. The average Bonchev–Trinajstić information content (AvgIpc) is 3.45. The second-order valence-electron chi connectivity index (χ2n) is 10.3. The van der Waals surface area contributed by atoms with Crippen LogP contribution >= 0.6 is 23.2 Å². The highest BCUT2D eigenvalue weighted by molar-refractivity contribution is 6.39. The Kier molecular flexibility index (Phi) is 10.6. The molecule has 1 saturated heterocycles. The van der Waals surface area contributed by atoms with Crippen LogP contribution in [0.25, 0.3) is 22.4 Å². The lowest BCUT2D eigenvalue weighted by molar-refractivity contribution is -0.119. The minimum absolute atomic E-state index is 0.0310. The van der Waals surface area contributed by atoms with E-state index in [9.17, 15) is 4.79 Å². The molecule has 0 bridgehead atoms. The van der Waals surface area contributed by atoms with E-state index >= 15 is 4.39 Å². The molecule has 5 N–H and O–H groups in total. The first kappa shape index (κ1) is 31.6. The fourth-order valence-electron chi connectivity index (χ4n) is 5.08. The summed E-state index contributed by atoms with van der Waals surface area (Å²) in [7, 11) is 1.61. The molecule has 1 aliphatic heterocycles. The number of aromatic nitrogens is 2. The lowest BCUT2D eigenvalue weighted by atomic mass is 10.0. The highest BCUT2D eigenvalue weighted by Crippen LogP contribution is 2.41. The number of halogens is 3. The summed E-state index contributed by atoms with van der Waals surface area (Å²) in [6.07, 6.45) is 4.57. The molecule has 1 fully saturated rings. The molecule has 2 aromatic heterocycles. The van der Waals surface area contributed by atoms with Gasteiger partial charge in [0.1, 0.15) is 5.75 Å². The van der Waals surface area contributed by atoms with Crippen LogP contribution in [0.3, 0.4) is 0 Å². The number of pyridine rings is 2. The van der Waals surface area contributed by atoms with E-state index in [-0.39, 0.29) is 30.9 Å². The lowest BCUT2D eigenvalue weighted by Gasteiger charge is -2.16. The van der Waals surface area contributed by atoms with Gasteiger partial charge in [0.2, 0.25) is 5.91 Å². The van der Waals surface area contributed by atoms with Crippen LogP contribution in [0.4, 0.5) is 15.9 Å². The third-order valence-electron chi connectivity index (χ3n) is 7.36. The van der Waals surface area contributed by atoms with E-state index in [0.717, 1.165) is 17.5 Å². The molecule has 2 aromatic carbocycles. The zero-order chi connectivity index (χ0) is 31.1. The molecule has 4 aromatic rings. The molecule has 1 atom stereocenters. The number of methoxy groups -OCH3 is 1. The van der Waals surface area contributed by atoms with Crippen LogP contribution < -0.4 is 26.0 Å². The van der Waals surface area contributed by atoms with Gasteiger partial charge >= 0.3 is 0 Å². The zero-order valence-electron chi connectivity index (χ0n) is 24.1. The Morgan fingerprint density at radius 2 is 1.82 bits per heavy atom. The molecule has 0 saturated carbocycles. The van der Waals surface area contributed by atoms with Crippen LogP contribution in [-0.2, 0) is 17.9 Å². The van der Waals surface area contributed by atoms with Gasteiger partial charge < -0.3 is 31.1 Å². The molecule has 12 heteroatoms. The number of ether oxygens (including phenoxy) is 1. The van der Waals surface area contributed by atoms with E-state index in [1.54, 1.807) is 37.6 Å². The average molecular weight is 640 g/mol. The van der Waals surface area contributed by atoms with Gasteiger partial charge in [-0.05, 0) is 30.7 Å². The van der Waals surface area contributed by atoms with Gasteiger partial charge in [-0.25, -0.2) is 9.37 Å². The second kappa shape index (κ2) is 14.8. The van der Waals surface area contributed by atoms with Crippen molar-refractivity contribution < 1.29 is 19.0 Å². The minimum Gasteiger partial charge on any atom is -0.496 e. The van der Waals surface area contributed by atoms with Crippen LogP contribution in [0.2, 0.25) is 10.0 Å². The SMILES string of the molecule is COc1cc(-c2nccc(-c3cccc(Nc4nccc(CNCCO)c4F)c3Cl)c2Cl)ccc1CNC[C@H]1CCC(=O)N1. The van der Waals surface area contributed by atoms with Crippen LogP contribution in [0.1, 0.15) is 24.0 Å². The van der Waals surface area contributed by atoms with Gasteiger partial charge in [-0.2, -0.15) is 0 Å². The maximum absolute atomic E-state index is 15.2. The van der Waals surface area contributed by atoms with E-state index in [1.165, 1.54) is 6.20 Å². The topological polar surface area (TPSA) is 120 Å². The monoisotopic (exact) mass is 638 g/mol. The molecule has 0 aliphatic carbocycles. The number of hydrogen-bond acceptors (Lipinski definition) is 8. The summed E-state index contributed by atoms with van der Waals surface area (Å²) < 4.78 is 20.8. The Morgan fingerprint density at radius 1 is 1.02 bits per heavy atom. The van der Waals surface area contributed by atoms with E-state index < -0.39 is 5.82 Å². The first-order chi connectivity index (χ1) is 21.4. The Hall–Kier alpha value is -3.80. The van der Waals surface area contributed by atoms with Crippen molar-refractivity contribution in [2.45, 2.75) is 32.0 Å². The summed E-state index contributed by atoms with van der Waals surface area (Å²) in [5, 5.41) is 22.1. The molecular formula is C32H33Cl2FN6O3. The molecule has 0 spiro atoms. The van der Waals surface area contributed by atoms with Gasteiger partial charge in [-0.1, -0.05) is 47.5 Å². The Balaban J connectivity index is 1.37. The first-order valence-corrected chi connectivity index (χ1v) is 15.0. The van der Waals surface area contributed by atoms with Crippen LogP contribution in [0.15, 0.2) is 60.9 Å². The fraction of sp³-hybridized carbons (Fsp3) is 0.281. The van der Waals surface area contributed by atoms with Crippen LogP contribution in [-0.4, -0.2) is 53.8 Å². The van der Waals surface area contributed by atoms with Crippen molar-refractivity contribution >= 4 is 40.6 Å². The van der Waals surface area contributed by atoms with Crippen LogP contribution in [0.5, 0.6) is 5.75 Å². The number of rotatable bonds is 13. The Labute approximate surface area is 265 Å². The summed E-state index contributed by atoms with van der Waals surface area (Å²) in [4.78, 5) is 20.2. The minimum atomic E-state index is -0.512. The summed E-state index contributed by atoms with van der Waals surface area (Å²) in [5.74, 6) is 0.292. The van der Waals surface area contributed by atoms with E-state index in [1.807, 2.05) is 24.3 Å². The van der Waals surface area contributed by atoms with E-state index in [0.29, 0.717) is 69.9 Å². The number of carbonyl (C=O) groups is 1. The third-order valence-corrected chi connectivity index (χ3v) is 8.15. The Morgan fingerprint density at radius 3 is 2.59 bits per heavy atom. The normalized spacial score (nSPS) is 14.5.